The van der Waals surface area contributed by atoms with Gasteiger partial charge in [-0.25, -0.2) is 4.98 Å². The number of nitrogens with two attached hydrogens (primary N) is 1. The second-order valence-electron chi connectivity index (χ2n) is 5.97. The summed E-state index contributed by atoms with van der Waals surface area (Å²) >= 11 is 3.22. The predicted octanol–water partition coefficient (Wildman–Crippen LogP) is 4.49. The fourth-order valence-corrected chi connectivity index (χ4v) is 3.92. The maximum atomic E-state index is 12.2. The summed E-state index contributed by atoms with van der Waals surface area (Å²) in [7, 11) is 0. The molecule has 3 aromatic rings. The number of hydrogen-bond acceptors (Lipinski definition) is 6. The summed E-state index contributed by atoms with van der Waals surface area (Å²) < 4.78 is 0. The lowest BCUT2D eigenvalue weighted by molar-refractivity contribution is -0.119. The molecule has 27 heavy (non-hydrogen) atoms. The number of thioether (sulfide) groups is 1. The third-order valence-electron chi connectivity index (χ3n) is 4.10. The second-order valence-corrected chi connectivity index (χ2v) is 7.90. The maximum Gasteiger partial charge on any atom is 0.156 e. The summed E-state index contributed by atoms with van der Waals surface area (Å²) in [6.07, 6.45) is 6.62. The minimum absolute atomic E-state index is 0. The Balaban J connectivity index is 0.00000261. The van der Waals surface area contributed by atoms with Crippen molar-refractivity contribution in [2.75, 3.05) is 12.0 Å². The highest BCUT2D eigenvalue weighted by Gasteiger charge is 2.16. The van der Waals surface area contributed by atoms with Gasteiger partial charge in [0.25, 0.3) is 0 Å². The topological polar surface area (TPSA) is 68.9 Å². The number of ketones is 1. The average molecular weight is 420 g/mol. The Morgan fingerprint density at radius 1 is 1.19 bits per heavy atom. The number of carbonyl (C=O) groups is 1. The number of carbonyl (C=O) groups excluding carboxylic acids is 1. The van der Waals surface area contributed by atoms with Gasteiger partial charge in [-0.05, 0) is 47.8 Å². The number of hydrogen-bond donors (Lipinski definition) is 1. The molecule has 2 aromatic heterocycles. The van der Waals surface area contributed by atoms with Crippen LogP contribution in [-0.4, -0.2) is 33.8 Å². The fourth-order valence-electron chi connectivity index (χ4n) is 2.61. The van der Waals surface area contributed by atoms with Crippen molar-refractivity contribution < 1.29 is 4.79 Å². The van der Waals surface area contributed by atoms with Gasteiger partial charge in [0.2, 0.25) is 0 Å². The largest absolute Gasteiger partial charge is 0.321 e. The second kappa shape index (κ2) is 10.6. The van der Waals surface area contributed by atoms with Gasteiger partial charge in [0.15, 0.2) is 5.78 Å². The van der Waals surface area contributed by atoms with E-state index in [1.807, 2.05) is 35.9 Å². The zero-order chi connectivity index (χ0) is 18.4. The van der Waals surface area contributed by atoms with E-state index in [4.69, 9.17) is 5.73 Å². The normalized spacial score (nSPS) is 11.6. The van der Waals surface area contributed by atoms with Crippen LogP contribution in [0.25, 0.3) is 22.4 Å². The number of thiazole rings is 1. The van der Waals surface area contributed by atoms with E-state index in [-0.39, 0.29) is 18.2 Å². The summed E-state index contributed by atoms with van der Waals surface area (Å²) in [6.45, 7) is 0. The van der Waals surface area contributed by atoms with Crippen LogP contribution in [0.2, 0.25) is 0 Å². The molecule has 1 atom stereocenters. The van der Waals surface area contributed by atoms with Crippen LogP contribution in [0.15, 0.2) is 54.2 Å². The first kappa shape index (κ1) is 21.6. The molecule has 142 valence electrons. The van der Waals surface area contributed by atoms with Gasteiger partial charge in [-0.2, -0.15) is 11.8 Å². The highest BCUT2D eigenvalue weighted by atomic mass is 35.5. The highest BCUT2D eigenvalue weighted by molar-refractivity contribution is 7.98. The molecular formula is C20H22ClN3OS2. The Kier molecular flexibility index (Phi) is 8.44. The lowest BCUT2D eigenvalue weighted by Crippen LogP contribution is -2.32. The lowest BCUT2D eigenvalue weighted by atomic mass is 10.0. The lowest BCUT2D eigenvalue weighted by Gasteiger charge is -2.08. The molecule has 0 bridgehead atoms. The van der Waals surface area contributed by atoms with E-state index in [1.165, 1.54) is 11.3 Å². The van der Waals surface area contributed by atoms with Crippen molar-refractivity contribution in [1.82, 2.24) is 9.97 Å². The predicted molar refractivity (Wildman–Crippen MR) is 118 cm³/mol. The van der Waals surface area contributed by atoms with Crippen molar-refractivity contribution in [3.63, 3.8) is 0 Å². The quantitative estimate of drug-likeness (QED) is 0.582. The highest BCUT2D eigenvalue weighted by Crippen LogP contribution is 2.27. The summed E-state index contributed by atoms with van der Waals surface area (Å²) in [6, 6.07) is 11.8. The Morgan fingerprint density at radius 2 is 1.93 bits per heavy atom. The molecule has 0 saturated carbocycles. The molecule has 0 spiro atoms. The molecule has 0 radical (unpaired) electrons. The molecular weight excluding hydrogens is 398 g/mol. The van der Waals surface area contributed by atoms with E-state index in [0.29, 0.717) is 12.8 Å². The van der Waals surface area contributed by atoms with Crippen molar-refractivity contribution in [1.29, 1.82) is 0 Å². The van der Waals surface area contributed by atoms with Crippen LogP contribution in [0, 0.1) is 0 Å². The van der Waals surface area contributed by atoms with Crippen LogP contribution < -0.4 is 5.73 Å². The van der Waals surface area contributed by atoms with Crippen LogP contribution in [0.3, 0.4) is 0 Å². The van der Waals surface area contributed by atoms with E-state index in [2.05, 4.69) is 22.1 Å². The van der Waals surface area contributed by atoms with Crippen molar-refractivity contribution in [3.05, 3.63) is 59.2 Å². The Hall–Kier alpha value is -1.73. The Labute approximate surface area is 174 Å². The summed E-state index contributed by atoms with van der Waals surface area (Å²) in [4.78, 5) is 20.9. The zero-order valence-corrected chi connectivity index (χ0v) is 17.4. The van der Waals surface area contributed by atoms with Gasteiger partial charge in [-0.1, -0.05) is 18.2 Å². The first-order chi connectivity index (χ1) is 12.7. The molecule has 2 N–H and O–H groups in total. The molecule has 0 fully saturated rings. The average Bonchev–Trinajstić information content (AvgIpc) is 3.15. The van der Waals surface area contributed by atoms with E-state index in [9.17, 15) is 4.79 Å². The number of benzene rings is 1. The van der Waals surface area contributed by atoms with Crippen LogP contribution in [0.4, 0.5) is 0 Å². The van der Waals surface area contributed by atoms with Gasteiger partial charge in [-0.15, -0.1) is 23.7 Å². The van der Waals surface area contributed by atoms with Crippen LogP contribution in [-0.2, 0) is 11.2 Å². The smallest absolute Gasteiger partial charge is 0.156 e. The van der Waals surface area contributed by atoms with Crippen molar-refractivity contribution in [2.24, 2.45) is 5.73 Å². The number of aromatic nitrogens is 2. The molecule has 4 nitrogen and oxygen atoms in total. The monoisotopic (exact) mass is 419 g/mol. The first-order valence-electron chi connectivity index (χ1n) is 8.40. The molecule has 0 saturated heterocycles. The van der Waals surface area contributed by atoms with Gasteiger partial charge in [-0.3, -0.25) is 9.78 Å². The van der Waals surface area contributed by atoms with E-state index in [1.54, 1.807) is 24.2 Å². The number of pyridine rings is 1. The maximum absolute atomic E-state index is 12.2. The van der Waals surface area contributed by atoms with Gasteiger partial charge in [0, 0.05) is 23.3 Å². The van der Waals surface area contributed by atoms with E-state index < -0.39 is 6.04 Å². The number of halogens is 1. The van der Waals surface area contributed by atoms with Gasteiger partial charge < -0.3 is 5.73 Å². The SMILES string of the molecule is CSCC[C@H](N)C(=O)Cc1nc(-c2cccc(-c3ccncc3)c2)cs1.Cl. The molecule has 0 aliphatic carbocycles. The van der Waals surface area contributed by atoms with Gasteiger partial charge in [0.1, 0.15) is 5.01 Å². The third-order valence-corrected chi connectivity index (χ3v) is 5.59. The molecule has 3 rings (SSSR count). The molecule has 0 aliphatic rings. The van der Waals surface area contributed by atoms with Crippen molar-refractivity contribution in [2.45, 2.75) is 18.9 Å². The van der Waals surface area contributed by atoms with Crippen molar-refractivity contribution >= 4 is 41.3 Å². The fraction of sp³-hybridized carbons (Fsp3) is 0.250. The molecule has 7 heteroatoms. The third kappa shape index (κ3) is 5.87. The molecule has 1 aromatic carbocycles. The summed E-state index contributed by atoms with van der Waals surface area (Å²) in [5.41, 5.74) is 10.1. The molecule has 0 unspecified atom stereocenters. The Bertz CT molecular complexity index is 870. The summed E-state index contributed by atoms with van der Waals surface area (Å²) in [5, 5.41) is 2.82. The molecule has 0 aliphatic heterocycles. The van der Waals surface area contributed by atoms with E-state index in [0.717, 1.165) is 33.1 Å². The molecule has 0 amide bonds. The first-order valence-corrected chi connectivity index (χ1v) is 10.7. The number of Topliss-reactive ketones (excluding diaryl/α,β-unsaturated/α-hetero) is 1. The van der Waals surface area contributed by atoms with Crippen molar-refractivity contribution in [3.8, 4) is 22.4 Å². The number of nitrogens with zero attached hydrogens (tertiary/aromatic N) is 2. The van der Waals surface area contributed by atoms with Crippen LogP contribution in [0.1, 0.15) is 11.4 Å². The zero-order valence-electron chi connectivity index (χ0n) is 15.0. The van der Waals surface area contributed by atoms with E-state index >= 15 is 0 Å². The van der Waals surface area contributed by atoms with Crippen LogP contribution >= 0.6 is 35.5 Å². The molecule has 2 heterocycles. The van der Waals surface area contributed by atoms with Gasteiger partial charge in [0.05, 0.1) is 18.2 Å². The summed E-state index contributed by atoms with van der Waals surface area (Å²) in [5.74, 6) is 0.961. The minimum Gasteiger partial charge on any atom is -0.321 e. The Morgan fingerprint density at radius 3 is 2.67 bits per heavy atom. The van der Waals surface area contributed by atoms with Gasteiger partial charge >= 0.3 is 0 Å². The number of rotatable bonds is 8. The standard InChI is InChI=1S/C20H21N3OS2.ClH/c1-25-10-7-17(21)19(24)12-20-23-18(13-26-20)16-4-2-3-15(11-16)14-5-8-22-9-6-14;/h2-6,8-9,11,13,17H,7,10,12,21H2,1H3;1H/t17-;/m0./s1. The van der Waals surface area contributed by atoms with Crippen LogP contribution in [0.5, 0.6) is 0 Å². The minimum atomic E-state index is -0.398.